The first-order chi connectivity index (χ1) is 17.3. The third kappa shape index (κ3) is 4.52. The van der Waals surface area contributed by atoms with Crippen LogP contribution in [0.3, 0.4) is 0 Å². The monoisotopic (exact) mass is 498 g/mol. The number of rotatable bonds is 6. The molecule has 5 rings (SSSR count). The van der Waals surface area contributed by atoms with E-state index in [2.05, 4.69) is 20.3 Å². The number of hydrogen-bond donors (Lipinski definition) is 1. The van der Waals surface area contributed by atoms with Gasteiger partial charge in [-0.25, -0.2) is 15.0 Å². The van der Waals surface area contributed by atoms with E-state index in [0.717, 1.165) is 11.1 Å². The van der Waals surface area contributed by atoms with Gasteiger partial charge in [0, 0.05) is 31.3 Å². The van der Waals surface area contributed by atoms with Crippen molar-refractivity contribution in [2.75, 3.05) is 7.11 Å². The van der Waals surface area contributed by atoms with E-state index in [0.29, 0.717) is 53.9 Å². The van der Waals surface area contributed by atoms with Gasteiger partial charge in [0.1, 0.15) is 11.5 Å². The van der Waals surface area contributed by atoms with Crippen molar-refractivity contribution >= 4 is 11.7 Å². The lowest BCUT2D eigenvalue weighted by molar-refractivity contribution is -0.179. The van der Waals surface area contributed by atoms with Crippen molar-refractivity contribution in [3.63, 3.8) is 0 Å². The van der Waals surface area contributed by atoms with Crippen LogP contribution in [0.25, 0.3) is 17.0 Å². The van der Waals surface area contributed by atoms with Crippen molar-refractivity contribution in [1.82, 2.24) is 29.2 Å². The smallest absolute Gasteiger partial charge is 0.392 e. The average Bonchev–Trinajstić information content (AvgIpc) is 3.47. The van der Waals surface area contributed by atoms with E-state index in [1.165, 1.54) is 7.11 Å². The van der Waals surface area contributed by atoms with E-state index in [1.54, 1.807) is 27.6 Å². The number of imidazole rings is 2. The summed E-state index contributed by atoms with van der Waals surface area (Å²) < 4.78 is 48.0. The molecule has 4 heterocycles. The topological polar surface area (TPSA) is 86.3 Å². The van der Waals surface area contributed by atoms with Gasteiger partial charge in [0.05, 0.1) is 36.8 Å². The van der Waals surface area contributed by atoms with Crippen molar-refractivity contribution in [1.29, 1.82) is 0 Å². The molecule has 0 aliphatic carbocycles. The van der Waals surface area contributed by atoms with Crippen molar-refractivity contribution in [3.05, 3.63) is 65.6 Å². The summed E-state index contributed by atoms with van der Waals surface area (Å²) in [6.07, 6.45) is 1.38. The SMILES string of the molecule is CCc1nc2ncc(OC)cn2c1C(=O)NCc1ccc(-c2cn3c(n2)C[C@H](C(F)(F)F)CC3)cc1. The van der Waals surface area contributed by atoms with Gasteiger partial charge < -0.3 is 14.6 Å². The van der Waals surface area contributed by atoms with Crippen LogP contribution in [0, 0.1) is 5.92 Å². The van der Waals surface area contributed by atoms with Crippen molar-refractivity contribution in [3.8, 4) is 17.0 Å². The van der Waals surface area contributed by atoms with Crippen molar-refractivity contribution < 1.29 is 22.7 Å². The fourth-order valence-corrected chi connectivity index (χ4v) is 4.46. The molecule has 4 aromatic rings. The number of fused-ring (bicyclic) bond motifs is 2. The number of ether oxygens (including phenoxy) is 1. The Bertz CT molecular complexity index is 1410. The van der Waals surface area contributed by atoms with Crippen LogP contribution < -0.4 is 10.1 Å². The molecule has 0 saturated heterocycles. The first kappa shape index (κ1) is 23.8. The maximum absolute atomic E-state index is 13.1. The van der Waals surface area contributed by atoms with Gasteiger partial charge in [0.2, 0.25) is 5.78 Å². The highest BCUT2D eigenvalue weighted by atomic mass is 19.4. The first-order valence-electron chi connectivity index (χ1n) is 11.7. The molecule has 188 valence electrons. The summed E-state index contributed by atoms with van der Waals surface area (Å²) in [7, 11) is 1.53. The Labute approximate surface area is 205 Å². The summed E-state index contributed by atoms with van der Waals surface area (Å²) in [5.74, 6) is -0.224. The minimum Gasteiger partial charge on any atom is -0.494 e. The number of methoxy groups -OCH3 is 1. The number of nitrogens with zero attached hydrogens (tertiary/aromatic N) is 5. The summed E-state index contributed by atoms with van der Waals surface area (Å²) in [5, 5.41) is 2.93. The van der Waals surface area contributed by atoms with Gasteiger partial charge in [-0.1, -0.05) is 31.2 Å². The van der Waals surface area contributed by atoms with Gasteiger partial charge in [-0.3, -0.25) is 9.20 Å². The predicted molar refractivity (Wildman–Crippen MR) is 126 cm³/mol. The molecule has 1 N–H and O–H groups in total. The second kappa shape index (κ2) is 9.29. The molecule has 1 amide bonds. The minimum atomic E-state index is -4.20. The second-order valence-electron chi connectivity index (χ2n) is 8.77. The van der Waals surface area contributed by atoms with E-state index < -0.39 is 12.1 Å². The van der Waals surface area contributed by atoms with E-state index >= 15 is 0 Å². The van der Waals surface area contributed by atoms with Crippen LogP contribution in [0.1, 0.15) is 40.9 Å². The summed E-state index contributed by atoms with van der Waals surface area (Å²) in [6.45, 7) is 2.52. The zero-order chi connectivity index (χ0) is 25.4. The fourth-order valence-electron chi connectivity index (χ4n) is 4.46. The molecule has 0 bridgehead atoms. The van der Waals surface area contributed by atoms with Gasteiger partial charge >= 0.3 is 6.18 Å². The normalized spacial score (nSPS) is 15.6. The number of nitrogens with one attached hydrogen (secondary N) is 1. The predicted octanol–water partition coefficient (Wildman–Crippen LogP) is 4.22. The number of aryl methyl sites for hydroxylation is 2. The maximum Gasteiger partial charge on any atom is 0.392 e. The number of halogens is 3. The van der Waals surface area contributed by atoms with Crippen LogP contribution in [-0.2, 0) is 25.9 Å². The number of amides is 1. The number of benzene rings is 1. The van der Waals surface area contributed by atoms with Gasteiger partial charge in [-0.2, -0.15) is 13.2 Å². The van der Waals surface area contributed by atoms with Gasteiger partial charge in [-0.15, -0.1) is 0 Å². The molecule has 8 nitrogen and oxygen atoms in total. The molecule has 36 heavy (non-hydrogen) atoms. The van der Waals surface area contributed by atoms with Crippen molar-refractivity contribution in [2.24, 2.45) is 5.92 Å². The summed E-state index contributed by atoms with van der Waals surface area (Å²) >= 11 is 0. The van der Waals surface area contributed by atoms with Crippen LogP contribution in [0.5, 0.6) is 5.75 Å². The Kier molecular flexibility index (Phi) is 6.15. The van der Waals surface area contributed by atoms with Gasteiger partial charge in [0.15, 0.2) is 5.75 Å². The van der Waals surface area contributed by atoms with Crippen molar-refractivity contribution in [2.45, 2.75) is 45.5 Å². The van der Waals surface area contributed by atoms with E-state index in [9.17, 15) is 18.0 Å². The van der Waals surface area contributed by atoms with Crippen LogP contribution in [0.15, 0.2) is 42.9 Å². The Hall–Kier alpha value is -3.89. The van der Waals surface area contributed by atoms with Gasteiger partial charge in [0.25, 0.3) is 5.91 Å². The Morgan fingerprint density at radius 1 is 1.19 bits per heavy atom. The molecule has 1 aliphatic heterocycles. The standard InChI is InChI=1S/C25H25F3N6O2/c1-3-19-22(34-13-18(36-2)12-30-24(34)32-19)23(35)29-11-15-4-6-16(7-5-15)20-14-33-9-8-17(25(26,27)28)10-21(33)31-20/h4-7,12-14,17H,3,8-11H2,1-2H3,(H,29,35)/t17-/m1/s1. The van der Waals surface area contributed by atoms with Crippen LogP contribution in [-0.4, -0.2) is 43.1 Å². The molecule has 1 atom stereocenters. The Morgan fingerprint density at radius 2 is 1.97 bits per heavy atom. The number of carbonyl (C=O) groups is 1. The number of carbonyl (C=O) groups excluding carboxylic acids is 1. The molecule has 1 aromatic carbocycles. The highest BCUT2D eigenvalue weighted by molar-refractivity contribution is 5.94. The molecule has 0 fully saturated rings. The number of hydrogen-bond acceptors (Lipinski definition) is 5. The highest BCUT2D eigenvalue weighted by Gasteiger charge is 2.41. The highest BCUT2D eigenvalue weighted by Crippen LogP contribution is 2.35. The van der Waals surface area contributed by atoms with E-state index in [4.69, 9.17) is 4.74 Å². The quantitative estimate of drug-likeness (QED) is 0.430. The molecular formula is C25H25F3N6O2. The van der Waals surface area contributed by atoms with Crippen LogP contribution in [0.2, 0.25) is 0 Å². The summed E-state index contributed by atoms with van der Waals surface area (Å²) in [4.78, 5) is 26.2. The molecular weight excluding hydrogens is 473 g/mol. The van der Waals surface area contributed by atoms with Crippen LogP contribution in [0.4, 0.5) is 13.2 Å². The zero-order valence-corrected chi connectivity index (χ0v) is 19.8. The van der Waals surface area contributed by atoms with E-state index in [-0.39, 0.29) is 18.7 Å². The van der Waals surface area contributed by atoms with E-state index in [1.807, 2.05) is 31.2 Å². The lowest BCUT2D eigenvalue weighted by Gasteiger charge is -2.25. The van der Waals surface area contributed by atoms with Crippen LogP contribution >= 0.6 is 0 Å². The maximum atomic E-state index is 13.1. The third-order valence-electron chi connectivity index (χ3n) is 6.49. The first-order valence-corrected chi connectivity index (χ1v) is 11.7. The average molecular weight is 499 g/mol. The number of aromatic nitrogens is 5. The molecule has 0 spiro atoms. The Morgan fingerprint density at radius 3 is 2.67 bits per heavy atom. The fraction of sp³-hybridized carbons (Fsp3) is 0.360. The minimum absolute atomic E-state index is 0.0694. The molecule has 0 radical (unpaired) electrons. The number of alkyl halides is 3. The largest absolute Gasteiger partial charge is 0.494 e. The lowest BCUT2D eigenvalue weighted by atomic mass is 9.97. The molecule has 1 aliphatic rings. The molecule has 11 heteroatoms. The summed E-state index contributed by atoms with van der Waals surface area (Å²) in [6, 6.07) is 7.45. The second-order valence-corrected chi connectivity index (χ2v) is 8.77. The molecule has 3 aromatic heterocycles. The molecule has 0 unspecified atom stereocenters. The lowest BCUT2D eigenvalue weighted by Crippen LogP contribution is -2.31. The Balaban J connectivity index is 1.28. The third-order valence-corrected chi connectivity index (χ3v) is 6.49. The summed E-state index contributed by atoms with van der Waals surface area (Å²) in [5.41, 5.74) is 3.37. The van der Waals surface area contributed by atoms with Gasteiger partial charge in [-0.05, 0) is 18.4 Å². The zero-order valence-electron chi connectivity index (χ0n) is 19.8. The molecule has 0 saturated carbocycles.